The van der Waals surface area contributed by atoms with Crippen LogP contribution in [0.4, 0.5) is 0 Å². The molecule has 138 valence electrons. The first-order chi connectivity index (χ1) is 12.1. The molecule has 1 heterocycles. The van der Waals surface area contributed by atoms with Gasteiger partial charge in [0.15, 0.2) is 0 Å². The van der Waals surface area contributed by atoms with E-state index in [1.165, 1.54) is 0 Å². The number of aromatic nitrogens is 2. The Kier molecular flexibility index (Phi) is 7.73. The van der Waals surface area contributed by atoms with Crippen molar-refractivity contribution in [2.24, 2.45) is 12.8 Å². The number of hydrogen-bond donors (Lipinski definition) is 2. The van der Waals surface area contributed by atoms with Crippen molar-refractivity contribution in [3.05, 3.63) is 64.6 Å². The maximum Gasteiger partial charge on any atom is 0.102 e. The zero-order valence-electron chi connectivity index (χ0n) is 14.3. The predicted molar refractivity (Wildman–Crippen MR) is 113 cm³/mol. The summed E-state index contributed by atoms with van der Waals surface area (Å²) in [6, 6.07) is 18.0. The van der Waals surface area contributed by atoms with E-state index in [9.17, 15) is 5.11 Å². The number of nitrogens with zero attached hydrogens (tertiary/aromatic N) is 2. The lowest BCUT2D eigenvalue weighted by molar-refractivity contribution is 0.265. The number of nitrogens with two attached hydrogens (primary N) is 1. The number of benzene rings is 2. The van der Waals surface area contributed by atoms with Gasteiger partial charge in [0, 0.05) is 33.6 Å². The normalized spacial score (nSPS) is 11.8. The highest BCUT2D eigenvalue weighted by molar-refractivity contribution is 9.10. The molecule has 0 aliphatic rings. The van der Waals surface area contributed by atoms with Gasteiger partial charge in [0.2, 0.25) is 0 Å². The van der Waals surface area contributed by atoms with Gasteiger partial charge in [-0.25, -0.2) is 0 Å². The van der Waals surface area contributed by atoms with E-state index in [-0.39, 0.29) is 25.1 Å². The largest absolute Gasteiger partial charge is 0.395 e. The maximum atomic E-state index is 9.41. The Morgan fingerprint density at radius 1 is 1.15 bits per heavy atom. The minimum atomic E-state index is -0.309. The monoisotopic (exact) mass is 453 g/mol. The molecule has 0 radical (unpaired) electrons. The van der Waals surface area contributed by atoms with Crippen molar-refractivity contribution in [2.45, 2.75) is 22.4 Å². The molecule has 2 aromatic carbocycles. The maximum absolute atomic E-state index is 9.41. The number of aliphatic hydroxyl groups is 1. The molecule has 0 fully saturated rings. The molecule has 0 aliphatic carbocycles. The second kappa shape index (κ2) is 9.58. The van der Waals surface area contributed by atoms with Crippen LogP contribution in [0.3, 0.4) is 0 Å². The fourth-order valence-electron chi connectivity index (χ4n) is 2.63. The van der Waals surface area contributed by atoms with Gasteiger partial charge in [-0.05, 0) is 30.7 Å². The van der Waals surface area contributed by atoms with Crippen molar-refractivity contribution in [3.8, 4) is 11.3 Å². The quantitative estimate of drug-likeness (QED) is 0.583. The summed E-state index contributed by atoms with van der Waals surface area (Å²) < 4.78 is 2.95. The first-order valence-corrected chi connectivity index (χ1v) is 9.60. The van der Waals surface area contributed by atoms with E-state index in [0.717, 1.165) is 31.2 Å². The van der Waals surface area contributed by atoms with Crippen molar-refractivity contribution in [1.82, 2.24) is 9.78 Å². The van der Waals surface area contributed by atoms with Crippen LogP contribution >= 0.6 is 40.1 Å². The highest BCUT2D eigenvalue weighted by atomic mass is 79.9. The van der Waals surface area contributed by atoms with E-state index >= 15 is 0 Å². The van der Waals surface area contributed by atoms with Crippen LogP contribution in [0, 0.1) is 0 Å². The van der Waals surface area contributed by atoms with Gasteiger partial charge in [-0.15, -0.1) is 12.4 Å². The zero-order valence-corrected chi connectivity index (χ0v) is 17.5. The number of rotatable bonds is 6. The van der Waals surface area contributed by atoms with Gasteiger partial charge >= 0.3 is 0 Å². The third kappa shape index (κ3) is 4.90. The van der Waals surface area contributed by atoms with E-state index < -0.39 is 0 Å². The minimum Gasteiger partial charge on any atom is -0.395 e. The van der Waals surface area contributed by atoms with Crippen LogP contribution in [-0.4, -0.2) is 27.5 Å². The van der Waals surface area contributed by atoms with Gasteiger partial charge in [0.25, 0.3) is 0 Å². The topological polar surface area (TPSA) is 64.1 Å². The number of aryl methyl sites for hydroxylation is 1. The van der Waals surface area contributed by atoms with Gasteiger partial charge in [-0.3, -0.25) is 4.68 Å². The summed E-state index contributed by atoms with van der Waals surface area (Å²) in [4.78, 5) is 1.13. The molecule has 1 unspecified atom stereocenters. The fourth-order valence-corrected chi connectivity index (χ4v) is 3.87. The molecule has 0 saturated heterocycles. The zero-order chi connectivity index (χ0) is 17.8. The smallest absolute Gasteiger partial charge is 0.102 e. The molecule has 26 heavy (non-hydrogen) atoms. The lowest BCUT2D eigenvalue weighted by Gasteiger charge is -2.11. The van der Waals surface area contributed by atoms with Gasteiger partial charge in [-0.1, -0.05) is 58.0 Å². The average Bonchev–Trinajstić information content (AvgIpc) is 2.93. The molecule has 4 nitrogen and oxygen atoms in total. The SMILES string of the molecule is Cl.Cn1nc(-c2ccccc2)c(CC(N)CO)c1Sc1ccc(Br)cc1. The average molecular weight is 455 g/mol. The van der Waals surface area contributed by atoms with E-state index in [2.05, 4.69) is 28.1 Å². The standard InChI is InChI=1S/C19H20BrN3OS.ClH/c1-23-19(25-16-9-7-14(20)8-10-16)17(11-15(21)12-24)18(22-23)13-5-3-2-4-6-13;/h2-10,15,24H,11-12,21H2,1H3;1H. The molecule has 3 N–H and O–H groups in total. The first-order valence-electron chi connectivity index (χ1n) is 7.99. The minimum absolute atomic E-state index is 0. The van der Waals surface area contributed by atoms with Crippen LogP contribution in [0.2, 0.25) is 0 Å². The van der Waals surface area contributed by atoms with E-state index in [1.54, 1.807) is 11.8 Å². The molecule has 1 aromatic heterocycles. The van der Waals surface area contributed by atoms with Crippen LogP contribution in [0.1, 0.15) is 5.56 Å². The predicted octanol–water partition coefficient (Wildman–Crippen LogP) is 4.28. The van der Waals surface area contributed by atoms with Crippen molar-refractivity contribution in [1.29, 1.82) is 0 Å². The lowest BCUT2D eigenvalue weighted by atomic mass is 10.0. The molecule has 7 heteroatoms. The highest BCUT2D eigenvalue weighted by Gasteiger charge is 2.20. The van der Waals surface area contributed by atoms with Crippen LogP contribution in [0.25, 0.3) is 11.3 Å². The van der Waals surface area contributed by atoms with Crippen molar-refractivity contribution >= 4 is 40.1 Å². The summed E-state index contributed by atoms with van der Waals surface area (Å²) in [5.74, 6) is 0. The molecule has 0 spiro atoms. The third-order valence-corrected chi connectivity index (χ3v) is 5.60. The second-order valence-corrected chi connectivity index (χ2v) is 7.80. The van der Waals surface area contributed by atoms with E-state index in [0.29, 0.717) is 6.42 Å². The van der Waals surface area contributed by atoms with Crippen LogP contribution < -0.4 is 5.73 Å². The third-order valence-electron chi connectivity index (χ3n) is 3.86. The van der Waals surface area contributed by atoms with Crippen LogP contribution in [0.5, 0.6) is 0 Å². The summed E-state index contributed by atoms with van der Waals surface area (Å²) in [7, 11) is 1.95. The van der Waals surface area contributed by atoms with Crippen LogP contribution in [0.15, 0.2) is 69.0 Å². The molecule has 0 saturated carbocycles. The number of halogens is 2. The summed E-state index contributed by atoms with van der Waals surface area (Å²) in [6.45, 7) is -0.0501. The van der Waals surface area contributed by atoms with Gasteiger partial charge in [-0.2, -0.15) is 5.10 Å². The van der Waals surface area contributed by atoms with E-state index in [4.69, 9.17) is 10.8 Å². The van der Waals surface area contributed by atoms with E-state index in [1.807, 2.05) is 54.2 Å². The van der Waals surface area contributed by atoms with Gasteiger partial charge in [0.1, 0.15) is 5.03 Å². The fraction of sp³-hybridized carbons (Fsp3) is 0.211. The van der Waals surface area contributed by atoms with Crippen molar-refractivity contribution in [2.75, 3.05) is 6.61 Å². The Morgan fingerprint density at radius 3 is 2.42 bits per heavy atom. The lowest BCUT2D eigenvalue weighted by Crippen LogP contribution is -2.27. The molecule has 0 amide bonds. The molecule has 0 aliphatic heterocycles. The molecule has 3 rings (SSSR count). The Morgan fingerprint density at radius 2 is 1.81 bits per heavy atom. The highest BCUT2D eigenvalue weighted by Crippen LogP contribution is 2.36. The number of hydrogen-bond acceptors (Lipinski definition) is 4. The summed E-state index contributed by atoms with van der Waals surface area (Å²) >= 11 is 5.13. The van der Waals surface area contributed by atoms with Gasteiger partial charge < -0.3 is 10.8 Å². The molecular weight excluding hydrogens is 434 g/mol. The Balaban J connectivity index is 0.00000243. The van der Waals surface area contributed by atoms with Crippen molar-refractivity contribution < 1.29 is 5.11 Å². The Hall–Kier alpha value is -1.31. The summed E-state index contributed by atoms with van der Waals surface area (Å²) in [6.07, 6.45) is 0.577. The Labute approximate surface area is 172 Å². The molecule has 1 atom stereocenters. The Bertz CT molecular complexity index is 840. The summed E-state index contributed by atoms with van der Waals surface area (Å²) in [5, 5.41) is 15.2. The number of aliphatic hydroxyl groups excluding tert-OH is 1. The second-order valence-electron chi connectivity index (χ2n) is 5.82. The molecule has 3 aromatic rings. The van der Waals surface area contributed by atoms with Gasteiger partial charge in [0.05, 0.1) is 12.3 Å². The van der Waals surface area contributed by atoms with Crippen molar-refractivity contribution in [3.63, 3.8) is 0 Å². The molecule has 0 bridgehead atoms. The van der Waals surface area contributed by atoms with Crippen LogP contribution in [-0.2, 0) is 13.5 Å². The summed E-state index contributed by atoms with van der Waals surface area (Å²) in [5.41, 5.74) is 9.09. The molecular formula is C19H21BrClN3OS. The first kappa shape index (κ1) is 21.0.